The van der Waals surface area contributed by atoms with Gasteiger partial charge in [0.05, 0.1) is 0 Å². The van der Waals surface area contributed by atoms with Gasteiger partial charge in [-0.3, -0.25) is 0 Å². The normalized spacial score (nSPS) is 15.9. The summed E-state index contributed by atoms with van der Waals surface area (Å²) in [7, 11) is 1.94. The molecular formula is C84H112N4O4P4. The van der Waals surface area contributed by atoms with E-state index in [2.05, 4.69) is 205 Å². The van der Waals surface area contributed by atoms with Crippen LogP contribution in [0, 0.1) is 27.7 Å². The van der Waals surface area contributed by atoms with E-state index in [0.29, 0.717) is 57.3 Å². The van der Waals surface area contributed by atoms with E-state index in [9.17, 15) is 20.4 Å². The smallest absolute Gasteiger partial charge is 0.127 e. The van der Waals surface area contributed by atoms with Crippen molar-refractivity contribution >= 4 is 99.5 Å². The second kappa shape index (κ2) is 34.1. The second-order valence-electron chi connectivity index (χ2n) is 30.1. The van der Waals surface area contributed by atoms with Crippen molar-refractivity contribution in [3.8, 4) is 23.0 Å². The van der Waals surface area contributed by atoms with Gasteiger partial charge in [-0.25, -0.2) is 0 Å². The van der Waals surface area contributed by atoms with Crippen LogP contribution in [0.3, 0.4) is 0 Å². The summed E-state index contributed by atoms with van der Waals surface area (Å²) >= 11 is 0. The number of nitrogens with zero attached hydrogens (tertiary/aromatic N) is 4. The fraction of sp³-hybridized carbons (Fsp3) is 0.429. The number of piperidine rings is 4. The van der Waals surface area contributed by atoms with Crippen LogP contribution in [0.4, 0.5) is 22.7 Å². The Hall–Kier alpha value is -6.12. The van der Waals surface area contributed by atoms with Gasteiger partial charge in [-0.2, -0.15) is 0 Å². The molecule has 512 valence electrons. The molecule has 0 aromatic heterocycles. The predicted octanol–water partition coefficient (Wildman–Crippen LogP) is 17.2. The van der Waals surface area contributed by atoms with Gasteiger partial charge in [-0.15, -0.1) is 0 Å². The first kappa shape index (κ1) is 74.1. The Labute approximate surface area is 585 Å². The molecule has 4 fully saturated rings. The lowest BCUT2D eigenvalue weighted by Gasteiger charge is -2.31. The summed E-state index contributed by atoms with van der Waals surface area (Å²) in [6, 6.07) is 53.4. The fourth-order valence-corrected chi connectivity index (χ4v) is 18.4. The average molecular weight is 1370 g/mol. The van der Waals surface area contributed by atoms with Gasteiger partial charge in [0.25, 0.3) is 0 Å². The molecule has 4 saturated heterocycles. The van der Waals surface area contributed by atoms with E-state index in [0.717, 1.165) is 90.3 Å². The van der Waals surface area contributed by atoms with Crippen molar-refractivity contribution in [1.29, 1.82) is 0 Å². The molecule has 4 atom stereocenters. The van der Waals surface area contributed by atoms with Gasteiger partial charge < -0.3 is 40.0 Å². The Morgan fingerprint density at radius 1 is 0.281 bits per heavy atom. The quantitative estimate of drug-likeness (QED) is 0.0899. The third-order valence-corrected chi connectivity index (χ3v) is 24.5. The zero-order chi connectivity index (χ0) is 68.7. The standard InChI is InChI=1S/C25H36NOP.C22H30NOP.C19H24NOP.C18H22NOP/c1-24(2,3)18-16-19(25(4,5)6)23(27)22(17-18)28-21-13-9-8-12-20(21)26-14-10-7-11-15-26;1-16-14-17(22(2,3)4)15-20(21(16)24)25-19-11-7-6-10-18(19)23-12-8-5-9-13-23;1-14-9-10-17(16(13-14)20-11-4-3-5-12-20)22-18-8-6-7-15(2)19(18)21;1-14-9-10-17(21-18-8-4-3-7-16(18)20)15(13-14)19-11-5-2-6-12-19/h8-9,12-13,16-17,27-28H,7,10-11,14-15H2,1-6H3;6-7,10-11,14-15,24-25H,5,8-9,12-13H2,1-4H3;6-10,13,21-22H,3-5,11-12H2,1-2H3;3-4,7-10,13,20-21H,2,5-6,11-12H2,1H3. The lowest BCUT2D eigenvalue weighted by atomic mass is 9.80. The van der Waals surface area contributed by atoms with E-state index < -0.39 is 0 Å². The van der Waals surface area contributed by atoms with E-state index in [-0.39, 0.29) is 16.2 Å². The highest BCUT2D eigenvalue weighted by atomic mass is 31.1. The van der Waals surface area contributed by atoms with E-state index in [1.807, 2.05) is 50.2 Å². The van der Waals surface area contributed by atoms with Crippen molar-refractivity contribution in [3.63, 3.8) is 0 Å². The lowest BCUT2D eigenvalue weighted by Crippen LogP contribution is -2.32. The van der Waals surface area contributed by atoms with Gasteiger partial charge in [-0.1, -0.05) is 206 Å². The van der Waals surface area contributed by atoms with Crippen molar-refractivity contribution < 1.29 is 20.4 Å². The third kappa shape index (κ3) is 20.3. The summed E-state index contributed by atoms with van der Waals surface area (Å²) in [6.07, 6.45) is 15.6. The largest absolute Gasteiger partial charge is 0.507 e. The van der Waals surface area contributed by atoms with Gasteiger partial charge in [0, 0.05) is 123 Å². The molecule has 4 N–H and O–H groups in total. The number of anilines is 4. The highest BCUT2D eigenvalue weighted by Crippen LogP contribution is 2.39. The summed E-state index contributed by atoms with van der Waals surface area (Å²) in [5.74, 6) is 1.79. The highest BCUT2D eigenvalue weighted by Gasteiger charge is 2.27. The Morgan fingerprint density at radius 2 is 0.625 bits per heavy atom. The minimum absolute atomic E-state index is 0.0549. The fourth-order valence-electron chi connectivity index (χ4n) is 13.2. The molecule has 8 aromatic carbocycles. The highest BCUT2D eigenvalue weighted by molar-refractivity contribution is 7.57. The van der Waals surface area contributed by atoms with E-state index in [4.69, 9.17) is 0 Å². The first-order chi connectivity index (χ1) is 45.8. The Kier molecular flexibility index (Phi) is 26.3. The maximum absolute atomic E-state index is 11.2. The van der Waals surface area contributed by atoms with Gasteiger partial charge in [0.2, 0.25) is 0 Å². The number of para-hydroxylation sites is 4. The number of phenolic OH excluding ortho intramolecular Hbond substituents is 4. The Bertz CT molecular complexity index is 3840. The molecule has 12 heteroatoms. The molecule has 0 saturated carbocycles. The molecule has 0 spiro atoms. The van der Waals surface area contributed by atoms with Crippen molar-refractivity contribution in [1.82, 2.24) is 0 Å². The van der Waals surface area contributed by atoms with Gasteiger partial charge in [-0.05, 0) is 197 Å². The van der Waals surface area contributed by atoms with Gasteiger partial charge in [0.15, 0.2) is 0 Å². The Balaban J connectivity index is 0.000000151. The van der Waals surface area contributed by atoms with Crippen LogP contribution in [0.2, 0.25) is 0 Å². The summed E-state index contributed by atoms with van der Waals surface area (Å²) in [5.41, 5.74) is 13.7. The van der Waals surface area contributed by atoms with E-state index in [1.54, 1.807) is 6.07 Å². The number of hydrogen-bond donors (Lipinski definition) is 4. The maximum Gasteiger partial charge on any atom is 0.127 e. The lowest BCUT2D eigenvalue weighted by molar-refractivity contribution is 0.449. The van der Waals surface area contributed by atoms with Crippen LogP contribution in [0.15, 0.2) is 152 Å². The maximum atomic E-state index is 11.2. The molecule has 12 rings (SSSR count). The molecule has 0 aliphatic carbocycles. The SMILES string of the molecule is CC(C)(C)c1cc(Pc2ccccc2N2CCCCC2)c(O)c(C(C)(C)C)c1.Cc1cc(C(C)(C)C)cc(Pc2ccccc2N2CCCCC2)c1O.Cc1ccc(Pc2cccc(C)c2O)c(N2CCCCC2)c1.Cc1ccc(Pc2ccccc2O)c(N2CCCCC2)c1. The number of rotatable bonds is 12. The molecule has 0 radical (unpaired) electrons. The monoisotopic (exact) mass is 1360 g/mol. The number of phenols is 4. The summed E-state index contributed by atoms with van der Waals surface area (Å²) < 4.78 is 0. The van der Waals surface area contributed by atoms with Crippen LogP contribution in [-0.4, -0.2) is 72.8 Å². The van der Waals surface area contributed by atoms with Crippen LogP contribution >= 0.6 is 34.3 Å². The minimum atomic E-state index is -0.0863. The van der Waals surface area contributed by atoms with E-state index in [1.165, 1.54) is 143 Å². The van der Waals surface area contributed by atoms with Crippen LogP contribution in [0.5, 0.6) is 23.0 Å². The third-order valence-electron chi connectivity index (χ3n) is 19.1. The number of aryl methyl sites for hydroxylation is 4. The molecule has 4 aliphatic heterocycles. The molecule has 96 heavy (non-hydrogen) atoms. The van der Waals surface area contributed by atoms with E-state index >= 15 is 0 Å². The minimum Gasteiger partial charge on any atom is -0.507 e. The summed E-state index contributed by atoms with van der Waals surface area (Å²) in [5, 5.41) is 51.7. The molecule has 0 bridgehead atoms. The van der Waals surface area contributed by atoms with Gasteiger partial charge in [0.1, 0.15) is 23.0 Å². The van der Waals surface area contributed by atoms with Crippen molar-refractivity contribution in [3.05, 3.63) is 191 Å². The van der Waals surface area contributed by atoms with Gasteiger partial charge >= 0.3 is 0 Å². The first-order valence-corrected chi connectivity index (χ1v) is 39.6. The molecule has 4 unspecified atom stereocenters. The van der Waals surface area contributed by atoms with Crippen molar-refractivity contribution in [2.24, 2.45) is 0 Å². The molecule has 0 amide bonds. The average Bonchev–Trinajstić information content (AvgIpc) is 0.801. The second-order valence-corrected chi connectivity index (χ2v) is 35.4. The predicted molar refractivity (Wildman–Crippen MR) is 428 cm³/mol. The number of aromatic hydroxyl groups is 4. The van der Waals surface area contributed by atoms with Crippen molar-refractivity contribution in [2.75, 3.05) is 72.0 Å². The van der Waals surface area contributed by atoms with Crippen molar-refractivity contribution in [2.45, 2.75) is 183 Å². The summed E-state index contributed by atoms with van der Waals surface area (Å²) in [4.78, 5) is 10.1. The Morgan fingerprint density at radius 3 is 1.05 bits per heavy atom. The molecular weight excluding hydrogens is 1250 g/mol. The zero-order valence-corrected chi connectivity index (χ0v) is 64.2. The first-order valence-electron chi connectivity index (χ1n) is 35.6. The van der Waals surface area contributed by atoms with Crippen LogP contribution in [0.1, 0.15) is 178 Å². The summed E-state index contributed by atoms with van der Waals surface area (Å²) in [6.45, 7) is 37.5. The van der Waals surface area contributed by atoms with Crippen LogP contribution in [-0.2, 0) is 16.2 Å². The zero-order valence-electron chi connectivity index (χ0n) is 60.2. The topological polar surface area (TPSA) is 93.9 Å². The number of benzene rings is 8. The van der Waals surface area contributed by atoms with Crippen LogP contribution in [0.25, 0.3) is 0 Å². The molecule has 8 nitrogen and oxygen atoms in total. The molecule has 4 heterocycles. The van der Waals surface area contributed by atoms with Crippen LogP contribution < -0.4 is 62.0 Å². The molecule has 8 aromatic rings. The number of hydrogen-bond acceptors (Lipinski definition) is 8. The molecule has 4 aliphatic rings.